The normalized spacial score (nSPS) is 24.2. The van der Waals surface area contributed by atoms with Gasteiger partial charge in [0.2, 0.25) is 11.8 Å². The van der Waals surface area contributed by atoms with Crippen LogP contribution in [-0.4, -0.2) is 89.1 Å². The van der Waals surface area contributed by atoms with E-state index in [0.717, 1.165) is 24.0 Å². The number of benzene rings is 2. The maximum Gasteiger partial charge on any atom is 0.313 e. The molecule has 280 valence electrons. The molecule has 3 aliphatic heterocycles. The second-order valence-corrected chi connectivity index (χ2v) is 14.6. The summed E-state index contributed by atoms with van der Waals surface area (Å²) < 4.78 is 13.1. The van der Waals surface area contributed by atoms with E-state index < -0.39 is 47.7 Å². The van der Waals surface area contributed by atoms with E-state index in [1.54, 1.807) is 40.0 Å². The maximum absolute atomic E-state index is 15.0. The van der Waals surface area contributed by atoms with Crippen molar-refractivity contribution in [2.24, 2.45) is 11.8 Å². The van der Waals surface area contributed by atoms with Crippen molar-refractivity contribution in [2.45, 2.75) is 95.1 Å². The number of halogens is 1. The van der Waals surface area contributed by atoms with Gasteiger partial charge in [-0.25, -0.2) is 0 Å². The number of para-hydroxylation sites is 1. The fraction of sp³-hybridized carbons (Fsp3) is 0.512. The maximum atomic E-state index is 15.0. The fourth-order valence-electron chi connectivity index (χ4n) is 8.34. The van der Waals surface area contributed by atoms with Gasteiger partial charge in [-0.05, 0) is 63.1 Å². The van der Waals surface area contributed by atoms with Gasteiger partial charge in [0.15, 0.2) is 0 Å². The van der Waals surface area contributed by atoms with Gasteiger partial charge < -0.3 is 29.3 Å². The van der Waals surface area contributed by atoms with E-state index in [2.05, 4.69) is 13.2 Å². The summed E-state index contributed by atoms with van der Waals surface area (Å²) >= 11 is 6.70. The average Bonchev–Trinajstić information content (AvgIpc) is 3.79. The highest BCUT2D eigenvalue weighted by molar-refractivity contribution is 6.34. The molecule has 3 amide bonds. The summed E-state index contributed by atoms with van der Waals surface area (Å²) in [5.41, 5.74) is 0.812. The number of aryl methyl sites for hydroxylation is 1. The Morgan fingerprint density at radius 2 is 1.83 bits per heavy atom. The number of aliphatic hydroxyl groups is 1. The Labute approximate surface area is 312 Å². The number of allylic oxidation sites excluding steroid dienone is 1. The SMILES string of the molecule is C=CCCC(=O)N(C)[C@H](C)[C@H](OC(=O)[C@@H]1[C@@H]2CC[C@]3(O2)[C@H](C(=O)N(CC=C)c2c(C)cccc2Cl)N(CCCCCCO)C(=O)[C@@H]13)c1ccccc1. The number of likely N-dealkylation sites (tertiary alicyclic amines) is 1. The number of aliphatic hydroxyl groups excluding tert-OH is 1. The van der Waals surface area contributed by atoms with Crippen LogP contribution in [0.1, 0.15) is 75.5 Å². The minimum absolute atomic E-state index is 0.0863. The van der Waals surface area contributed by atoms with Gasteiger partial charge in [-0.1, -0.05) is 79.1 Å². The number of amides is 3. The van der Waals surface area contributed by atoms with Crippen LogP contribution < -0.4 is 4.90 Å². The van der Waals surface area contributed by atoms with Gasteiger partial charge >= 0.3 is 5.97 Å². The Bertz CT molecular complexity index is 1610. The molecule has 1 N–H and O–H groups in total. The number of hydrogen-bond acceptors (Lipinski definition) is 7. The van der Waals surface area contributed by atoms with E-state index in [1.807, 2.05) is 56.3 Å². The molecule has 2 bridgehead atoms. The molecule has 0 unspecified atom stereocenters. The summed E-state index contributed by atoms with van der Waals surface area (Å²) in [6.07, 6.45) is 6.41. The molecule has 52 heavy (non-hydrogen) atoms. The Morgan fingerprint density at radius 3 is 2.50 bits per heavy atom. The Balaban J connectivity index is 1.50. The molecule has 0 saturated carbocycles. The van der Waals surface area contributed by atoms with Gasteiger partial charge in [-0.15, -0.1) is 13.2 Å². The monoisotopic (exact) mass is 733 g/mol. The van der Waals surface area contributed by atoms with E-state index in [1.165, 1.54) is 0 Å². The van der Waals surface area contributed by atoms with Crippen molar-refractivity contribution in [2.75, 3.05) is 31.6 Å². The molecule has 10 nitrogen and oxygen atoms in total. The minimum Gasteiger partial charge on any atom is -0.455 e. The molecule has 0 radical (unpaired) electrons. The molecule has 0 aliphatic carbocycles. The zero-order chi connectivity index (χ0) is 37.6. The van der Waals surface area contributed by atoms with E-state index in [0.29, 0.717) is 49.4 Å². The lowest BCUT2D eigenvalue weighted by molar-refractivity contribution is -0.164. The number of unbranched alkanes of at least 4 members (excludes halogenated alkanes) is 3. The molecule has 5 rings (SSSR count). The molecular weight excluding hydrogens is 682 g/mol. The Hall–Kier alpha value is -3.99. The molecule has 0 aromatic heterocycles. The lowest BCUT2D eigenvalue weighted by Crippen LogP contribution is -2.56. The van der Waals surface area contributed by atoms with Crippen molar-refractivity contribution in [1.82, 2.24) is 9.80 Å². The van der Waals surface area contributed by atoms with Gasteiger partial charge in [0, 0.05) is 33.2 Å². The number of anilines is 1. The van der Waals surface area contributed by atoms with Crippen LogP contribution in [0, 0.1) is 18.8 Å². The fourth-order valence-corrected chi connectivity index (χ4v) is 8.67. The van der Waals surface area contributed by atoms with Crippen LogP contribution in [-0.2, 0) is 28.7 Å². The van der Waals surface area contributed by atoms with E-state index in [-0.39, 0.29) is 37.3 Å². The molecule has 3 fully saturated rings. The number of nitrogens with zero attached hydrogens (tertiary/aromatic N) is 3. The summed E-state index contributed by atoms with van der Waals surface area (Å²) in [6, 6.07) is 13.2. The zero-order valence-corrected chi connectivity index (χ0v) is 31.3. The molecule has 2 aromatic rings. The van der Waals surface area contributed by atoms with Crippen LogP contribution >= 0.6 is 11.6 Å². The third kappa shape index (κ3) is 7.56. The molecule has 7 atom stereocenters. The number of carbonyl (C=O) groups excluding carboxylic acids is 4. The number of fused-ring (bicyclic) bond motifs is 1. The van der Waals surface area contributed by atoms with Crippen LogP contribution in [0.15, 0.2) is 73.8 Å². The average molecular weight is 734 g/mol. The van der Waals surface area contributed by atoms with Gasteiger partial charge in [0.05, 0.1) is 34.7 Å². The molecule has 3 aliphatic rings. The highest BCUT2D eigenvalue weighted by Crippen LogP contribution is 2.59. The van der Waals surface area contributed by atoms with Crippen LogP contribution in [0.3, 0.4) is 0 Å². The van der Waals surface area contributed by atoms with Crippen LogP contribution in [0.25, 0.3) is 0 Å². The summed E-state index contributed by atoms with van der Waals surface area (Å²) in [5, 5.41) is 9.70. The second-order valence-electron chi connectivity index (χ2n) is 14.2. The first kappa shape index (κ1) is 39.2. The molecule has 11 heteroatoms. The van der Waals surface area contributed by atoms with Crippen LogP contribution in [0.4, 0.5) is 5.69 Å². The minimum atomic E-state index is -1.24. The summed E-state index contributed by atoms with van der Waals surface area (Å²) in [6.45, 7) is 11.9. The molecule has 3 heterocycles. The highest BCUT2D eigenvalue weighted by atomic mass is 35.5. The number of ether oxygens (including phenoxy) is 2. The number of esters is 1. The van der Waals surface area contributed by atoms with Gasteiger partial charge in [-0.2, -0.15) is 0 Å². The Morgan fingerprint density at radius 1 is 1.10 bits per heavy atom. The van der Waals surface area contributed by atoms with E-state index in [4.69, 9.17) is 21.1 Å². The Kier molecular flexibility index (Phi) is 13.0. The van der Waals surface area contributed by atoms with Crippen molar-refractivity contribution in [1.29, 1.82) is 0 Å². The number of carbonyl (C=O) groups is 4. The zero-order valence-electron chi connectivity index (χ0n) is 30.5. The van der Waals surface area contributed by atoms with Gasteiger partial charge in [-0.3, -0.25) is 19.2 Å². The quantitative estimate of drug-likeness (QED) is 0.110. The summed E-state index contributed by atoms with van der Waals surface area (Å²) in [5.74, 6) is -3.20. The standard InChI is InChI=1S/C41H52ClN3O7/c1-6-8-21-32(47)43(5)28(4)36(29-18-12-11-13-19-29)51-40(50)33-31-22-23-41(52-31)34(33)38(48)45(25-14-9-10-15-26-46)37(41)39(49)44(24-7-2)35-27(3)17-16-20-30(35)42/h6-7,11-13,16-20,28,31,33-34,36-37,46H,1-2,8-10,14-15,21-26H2,3-5H3/t28-,31+,33-,34-,36+,37+,41-/m1/s1. The first-order valence-corrected chi connectivity index (χ1v) is 18.8. The predicted molar refractivity (Wildman–Crippen MR) is 201 cm³/mol. The van der Waals surface area contributed by atoms with Crippen molar-refractivity contribution in [3.63, 3.8) is 0 Å². The van der Waals surface area contributed by atoms with Crippen LogP contribution in [0.5, 0.6) is 0 Å². The smallest absolute Gasteiger partial charge is 0.313 e. The second kappa shape index (κ2) is 17.2. The highest BCUT2D eigenvalue weighted by Gasteiger charge is 2.75. The van der Waals surface area contributed by atoms with Crippen molar-refractivity contribution < 1.29 is 33.8 Å². The first-order valence-electron chi connectivity index (χ1n) is 18.4. The molecule has 3 saturated heterocycles. The first-order chi connectivity index (χ1) is 25.0. The van der Waals surface area contributed by atoms with Gasteiger partial charge in [0.25, 0.3) is 5.91 Å². The summed E-state index contributed by atoms with van der Waals surface area (Å²) in [7, 11) is 1.69. The number of hydrogen-bond donors (Lipinski definition) is 1. The van der Waals surface area contributed by atoms with E-state index in [9.17, 15) is 24.3 Å². The summed E-state index contributed by atoms with van der Waals surface area (Å²) in [4.78, 5) is 62.0. The lowest BCUT2D eigenvalue weighted by Gasteiger charge is -2.37. The molecular formula is C41H52ClN3O7. The third-order valence-electron chi connectivity index (χ3n) is 11.0. The van der Waals surface area contributed by atoms with Gasteiger partial charge in [0.1, 0.15) is 17.7 Å². The van der Waals surface area contributed by atoms with Crippen LogP contribution in [0.2, 0.25) is 5.02 Å². The molecule has 2 aromatic carbocycles. The number of likely N-dealkylation sites (N-methyl/N-ethyl adjacent to an activating group) is 1. The van der Waals surface area contributed by atoms with Crippen molar-refractivity contribution >= 4 is 41.0 Å². The van der Waals surface area contributed by atoms with E-state index >= 15 is 0 Å². The number of rotatable bonds is 18. The van der Waals surface area contributed by atoms with Crippen molar-refractivity contribution in [3.05, 3.63) is 90.0 Å². The largest absolute Gasteiger partial charge is 0.455 e. The molecule has 1 spiro atoms. The topological polar surface area (TPSA) is 117 Å². The predicted octanol–water partition coefficient (Wildman–Crippen LogP) is 6.19. The van der Waals surface area contributed by atoms with Crippen molar-refractivity contribution in [3.8, 4) is 0 Å². The lowest BCUT2D eigenvalue weighted by atomic mass is 9.70. The third-order valence-corrected chi connectivity index (χ3v) is 11.3.